The molecule has 138 valence electrons. The zero-order valence-electron chi connectivity index (χ0n) is 15.0. The van der Waals surface area contributed by atoms with Crippen molar-refractivity contribution in [2.45, 2.75) is 0 Å². The summed E-state index contributed by atoms with van der Waals surface area (Å²) in [7, 11) is 3.59. The highest BCUT2D eigenvalue weighted by atomic mass is 16.5. The van der Waals surface area contributed by atoms with Gasteiger partial charge >= 0.3 is 0 Å². The number of carbonyl (C=O) groups is 1. The number of hydrogen-bond acceptors (Lipinski definition) is 6. The van der Waals surface area contributed by atoms with Crippen molar-refractivity contribution in [3.05, 3.63) is 54.2 Å². The van der Waals surface area contributed by atoms with Gasteiger partial charge in [-0.05, 0) is 24.3 Å². The fraction of sp³-hybridized carbons (Fsp3) is 0.211. The average Bonchev–Trinajstić information content (AvgIpc) is 3.16. The standard InChI is InChI=1S/C19H19N5O3/c1-23-10-11-24(16-9-4-3-8-15(16)23)19(25)17-18(21-22-20-17)27-14-7-5-6-13(12-14)26-2/h3-9,12H,10-11H2,1-2H3,(H,20,21,22). The molecule has 0 fully saturated rings. The predicted molar refractivity (Wildman–Crippen MR) is 101 cm³/mol. The maximum absolute atomic E-state index is 13.2. The van der Waals surface area contributed by atoms with E-state index in [1.165, 1.54) is 0 Å². The van der Waals surface area contributed by atoms with Crippen LogP contribution in [0.4, 0.5) is 11.4 Å². The molecule has 0 saturated heterocycles. The van der Waals surface area contributed by atoms with Crippen molar-refractivity contribution in [1.29, 1.82) is 0 Å². The van der Waals surface area contributed by atoms with Crippen LogP contribution in [0.1, 0.15) is 10.5 Å². The van der Waals surface area contributed by atoms with Crippen molar-refractivity contribution in [3.63, 3.8) is 0 Å². The summed E-state index contributed by atoms with van der Waals surface area (Å²) in [5.74, 6) is 1.05. The summed E-state index contributed by atoms with van der Waals surface area (Å²) in [5, 5.41) is 10.4. The zero-order chi connectivity index (χ0) is 18.8. The Kier molecular flexibility index (Phi) is 4.37. The van der Waals surface area contributed by atoms with Gasteiger partial charge in [0.15, 0.2) is 5.69 Å². The van der Waals surface area contributed by atoms with Crippen molar-refractivity contribution in [2.24, 2.45) is 0 Å². The van der Waals surface area contributed by atoms with E-state index in [2.05, 4.69) is 20.3 Å². The molecule has 0 saturated carbocycles. The molecule has 0 atom stereocenters. The van der Waals surface area contributed by atoms with Gasteiger partial charge < -0.3 is 19.3 Å². The second-order valence-corrected chi connectivity index (χ2v) is 6.14. The number of anilines is 2. The number of methoxy groups -OCH3 is 1. The maximum Gasteiger partial charge on any atom is 0.282 e. The lowest BCUT2D eigenvalue weighted by Gasteiger charge is -2.35. The van der Waals surface area contributed by atoms with E-state index in [0.717, 1.165) is 17.9 Å². The highest BCUT2D eigenvalue weighted by Crippen LogP contribution is 2.34. The number of nitrogens with one attached hydrogen (secondary N) is 1. The highest BCUT2D eigenvalue weighted by molar-refractivity contribution is 6.08. The average molecular weight is 365 g/mol. The Morgan fingerprint density at radius 1 is 1.07 bits per heavy atom. The molecule has 0 unspecified atom stereocenters. The molecular formula is C19H19N5O3. The monoisotopic (exact) mass is 365 g/mol. The Balaban J connectivity index is 1.63. The number of likely N-dealkylation sites (N-methyl/N-ethyl adjacent to an activating group) is 1. The van der Waals surface area contributed by atoms with E-state index in [1.807, 2.05) is 37.4 Å². The first-order chi connectivity index (χ1) is 13.2. The third kappa shape index (κ3) is 3.17. The molecule has 1 aromatic heterocycles. The van der Waals surface area contributed by atoms with Crippen molar-refractivity contribution in [1.82, 2.24) is 15.4 Å². The lowest BCUT2D eigenvalue weighted by Crippen LogP contribution is -2.42. The third-order valence-corrected chi connectivity index (χ3v) is 4.47. The minimum absolute atomic E-state index is 0.129. The van der Waals surface area contributed by atoms with Crippen LogP contribution < -0.4 is 19.3 Å². The van der Waals surface area contributed by atoms with Gasteiger partial charge in [-0.1, -0.05) is 28.5 Å². The van der Waals surface area contributed by atoms with E-state index in [9.17, 15) is 4.79 Å². The lowest BCUT2D eigenvalue weighted by atomic mass is 10.1. The number of rotatable bonds is 4. The number of benzene rings is 2. The van der Waals surface area contributed by atoms with Crippen LogP contribution in [0.3, 0.4) is 0 Å². The summed E-state index contributed by atoms with van der Waals surface area (Å²) >= 11 is 0. The predicted octanol–water partition coefficient (Wildman–Crippen LogP) is 2.70. The molecule has 2 heterocycles. The molecule has 0 radical (unpaired) electrons. The minimum atomic E-state index is -0.238. The summed E-state index contributed by atoms with van der Waals surface area (Å²) < 4.78 is 11.0. The molecule has 0 spiro atoms. The largest absolute Gasteiger partial charge is 0.497 e. The van der Waals surface area contributed by atoms with Crippen LogP contribution in [0.5, 0.6) is 17.4 Å². The van der Waals surface area contributed by atoms with Crippen LogP contribution in [-0.2, 0) is 0 Å². The van der Waals surface area contributed by atoms with E-state index < -0.39 is 0 Å². The smallest absolute Gasteiger partial charge is 0.282 e. The molecule has 8 heteroatoms. The van der Waals surface area contributed by atoms with E-state index in [4.69, 9.17) is 9.47 Å². The number of ether oxygens (including phenoxy) is 2. The Bertz CT molecular complexity index is 971. The number of para-hydroxylation sites is 2. The fourth-order valence-electron chi connectivity index (χ4n) is 3.06. The summed E-state index contributed by atoms with van der Waals surface area (Å²) in [5.41, 5.74) is 2.05. The first-order valence-corrected chi connectivity index (χ1v) is 8.52. The number of aromatic amines is 1. The Labute approximate surface area is 156 Å². The Morgan fingerprint density at radius 2 is 1.85 bits per heavy atom. The number of aromatic nitrogens is 3. The highest BCUT2D eigenvalue weighted by Gasteiger charge is 2.29. The molecule has 4 rings (SSSR count). The molecule has 2 aromatic carbocycles. The van der Waals surface area contributed by atoms with Crippen LogP contribution in [0.2, 0.25) is 0 Å². The zero-order valence-corrected chi connectivity index (χ0v) is 15.0. The van der Waals surface area contributed by atoms with Gasteiger partial charge in [-0.3, -0.25) is 4.79 Å². The molecule has 1 aliphatic rings. The molecule has 1 N–H and O–H groups in total. The normalized spacial score (nSPS) is 13.3. The van der Waals surface area contributed by atoms with E-state index in [-0.39, 0.29) is 17.5 Å². The number of hydrogen-bond donors (Lipinski definition) is 1. The van der Waals surface area contributed by atoms with Crippen LogP contribution in [0.15, 0.2) is 48.5 Å². The van der Waals surface area contributed by atoms with Crippen LogP contribution >= 0.6 is 0 Å². The van der Waals surface area contributed by atoms with Gasteiger partial charge in [0, 0.05) is 26.2 Å². The van der Waals surface area contributed by atoms with E-state index in [0.29, 0.717) is 18.0 Å². The van der Waals surface area contributed by atoms with Gasteiger partial charge in [-0.25, -0.2) is 5.10 Å². The van der Waals surface area contributed by atoms with Crippen molar-refractivity contribution in [3.8, 4) is 17.4 Å². The fourth-order valence-corrected chi connectivity index (χ4v) is 3.06. The van der Waals surface area contributed by atoms with Crippen LogP contribution in [0, 0.1) is 0 Å². The second-order valence-electron chi connectivity index (χ2n) is 6.14. The molecule has 1 aliphatic heterocycles. The van der Waals surface area contributed by atoms with Gasteiger partial charge in [0.25, 0.3) is 11.8 Å². The van der Waals surface area contributed by atoms with Crippen molar-refractivity contribution < 1.29 is 14.3 Å². The molecule has 0 bridgehead atoms. The first-order valence-electron chi connectivity index (χ1n) is 8.52. The third-order valence-electron chi connectivity index (χ3n) is 4.47. The van der Waals surface area contributed by atoms with Crippen LogP contribution in [0.25, 0.3) is 0 Å². The van der Waals surface area contributed by atoms with E-state index in [1.54, 1.807) is 30.2 Å². The molecule has 3 aromatic rings. The number of nitrogens with zero attached hydrogens (tertiary/aromatic N) is 4. The van der Waals surface area contributed by atoms with Crippen molar-refractivity contribution >= 4 is 17.3 Å². The van der Waals surface area contributed by atoms with Gasteiger partial charge in [0.2, 0.25) is 0 Å². The second kappa shape index (κ2) is 6.99. The van der Waals surface area contributed by atoms with Gasteiger partial charge in [0.1, 0.15) is 11.5 Å². The Hall–Kier alpha value is -3.55. The topological polar surface area (TPSA) is 83.6 Å². The quantitative estimate of drug-likeness (QED) is 0.765. The van der Waals surface area contributed by atoms with Gasteiger partial charge in [-0.2, -0.15) is 0 Å². The van der Waals surface area contributed by atoms with Gasteiger partial charge in [-0.15, -0.1) is 0 Å². The number of fused-ring (bicyclic) bond motifs is 1. The summed E-state index contributed by atoms with van der Waals surface area (Å²) in [6, 6.07) is 14.9. The van der Waals surface area contributed by atoms with Crippen molar-refractivity contribution in [2.75, 3.05) is 37.0 Å². The van der Waals surface area contributed by atoms with E-state index >= 15 is 0 Å². The SMILES string of the molecule is COc1cccc(Oc2nn[nH]c2C(=O)N2CCN(C)c3ccccc32)c1. The summed E-state index contributed by atoms with van der Waals surface area (Å²) in [4.78, 5) is 17.0. The van der Waals surface area contributed by atoms with Crippen LogP contribution in [-0.4, -0.2) is 48.6 Å². The molecule has 1 amide bonds. The maximum atomic E-state index is 13.2. The lowest BCUT2D eigenvalue weighted by molar-refractivity contribution is 0.0979. The first kappa shape index (κ1) is 16.9. The molecule has 27 heavy (non-hydrogen) atoms. The van der Waals surface area contributed by atoms with Gasteiger partial charge in [0.05, 0.1) is 18.5 Å². The molecular weight excluding hydrogens is 346 g/mol. The Morgan fingerprint density at radius 3 is 2.67 bits per heavy atom. The molecule has 8 nitrogen and oxygen atoms in total. The minimum Gasteiger partial charge on any atom is -0.497 e. The molecule has 0 aliphatic carbocycles. The summed E-state index contributed by atoms with van der Waals surface area (Å²) in [6.45, 7) is 1.29. The number of carbonyl (C=O) groups excluding carboxylic acids is 1. The summed E-state index contributed by atoms with van der Waals surface area (Å²) in [6.07, 6.45) is 0. The number of amides is 1. The number of H-pyrrole nitrogens is 1.